The normalized spacial score (nSPS) is 12.2. The molecule has 0 bridgehead atoms. The fraction of sp³-hybridized carbons (Fsp3) is 0.421. The number of aryl methyl sites for hydroxylation is 2. The molecule has 1 aromatic carbocycles. The zero-order chi connectivity index (χ0) is 17.0. The molecule has 2 aromatic rings. The molecule has 0 saturated carbocycles. The van der Waals surface area contributed by atoms with E-state index < -0.39 is 0 Å². The number of thiol groups is 1. The summed E-state index contributed by atoms with van der Waals surface area (Å²) < 4.78 is 7.85. The first-order valence-corrected chi connectivity index (χ1v) is 8.58. The number of nitrogens with zero attached hydrogens (tertiary/aromatic N) is 1. The lowest BCUT2D eigenvalue weighted by Crippen LogP contribution is -2.19. The van der Waals surface area contributed by atoms with Crippen LogP contribution in [-0.2, 0) is 7.05 Å². The SMILES string of the molecule is CCC[C@@H](CC)Oc1ccc(S)cc1-c1cc(C)c(=O)n(C)c1. The van der Waals surface area contributed by atoms with Crippen LogP contribution in [0.5, 0.6) is 5.75 Å². The highest BCUT2D eigenvalue weighted by atomic mass is 32.1. The van der Waals surface area contributed by atoms with Crippen molar-refractivity contribution in [2.45, 2.75) is 51.0 Å². The second-order valence-corrected chi connectivity index (χ2v) is 6.46. The van der Waals surface area contributed by atoms with Crippen molar-refractivity contribution in [2.75, 3.05) is 0 Å². The summed E-state index contributed by atoms with van der Waals surface area (Å²) in [6.45, 7) is 6.15. The number of rotatable bonds is 6. The van der Waals surface area contributed by atoms with Crippen molar-refractivity contribution in [1.29, 1.82) is 0 Å². The van der Waals surface area contributed by atoms with Gasteiger partial charge in [-0.3, -0.25) is 4.79 Å². The molecule has 1 heterocycles. The molecule has 3 nitrogen and oxygen atoms in total. The Kier molecular flexibility index (Phi) is 5.94. The van der Waals surface area contributed by atoms with Gasteiger partial charge in [0.05, 0.1) is 6.10 Å². The zero-order valence-electron chi connectivity index (χ0n) is 14.3. The Morgan fingerprint density at radius 1 is 1.26 bits per heavy atom. The summed E-state index contributed by atoms with van der Waals surface area (Å²) in [6.07, 6.45) is 5.16. The van der Waals surface area contributed by atoms with E-state index in [1.165, 1.54) is 0 Å². The van der Waals surface area contributed by atoms with Crippen LogP contribution in [-0.4, -0.2) is 10.7 Å². The molecule has 0 N–H and O–H groups in total. The molecule has 0 spiro atoms. The summed E-state index contributed by atoms with van der Waals surface area (Å²) in [5.74, 6) is 0.848. The third-order valence-electron chi connectivity index (χ3n) is 4.00. The lowest BCUT2D eigenvalue weighted by molar-refractivity contribution is 0.186. The number of benzene rings is 1. The third-order valence-corrected chi connectivity index (χ3v) is 4.27. The number of ether oxygens (including phenoxy) is 1. The fourth-order valence-electron chi connectivity index (χ4n) is 2.72. The Bertz CT molecular complexity index is 710. The van der Waals surface area contributed by atoms with Gasteiger partial charge in [-0.05, 0) is 44.0 Å². The van der Waals surface area contributed by atoms with Gasteiger partial charge in [0.2, 0.25) is 0 Å². The van der Waals surface area contributed by atoms with Crippen LogP contribution in [0.3, 0.4) is 0 Å². The van der Waals surface area contributed by atoms with Crippen LogP contribution < -0.4 is 10.3 Å². The van der Waals surface area contributed by atoms with Gasteiger partial charge in [-0.25, -0.2) is 0 Å². The number of aromatic nitrogens is 1. The maximum absolute atomic E-state index is 11.9. The average molecular weight is 331 g/mol. The van der Waals surface area contributed by atoms with E-state index in [4.69, 9.17) is 4.74 Å². The molecule has 0 aliphatic heterocycles. The molecule has 0 radical (unpaired) electrons. The Hall–Kier alpha value is -1.68. The molecule has 1 aromatic heterocycles. The van der Waals surface area contributed by atoms with Gasteiger partial charge < -0.3 is 9.30 Å². The van der Waals surface area contributed by atoms with Gasteiger partial charge in [-0.1, -0.05) is 20.3 Å². The Balaban J connectivity index is 2.49. The standard InChI is InChI=1S/C19H25NO2S/c1-5-7-15(6-2)22-18-9-8-16(23)11-17(18)14-10-13(3)19(21)20(4)12-14/h8-12,15,23H,5-7H2,1-4H3/t15-/m1/s1. The molecule has 4 heteroatoms. The van der Waals surface area contributed by atoms with Crippen molar-refractivity contribution >= 4 is 12.6 Å². The number of hydrogen-bond acceptors (Lipinski definition) is 3. The van der Waals surface area contributed by atoms with Gasteiger partial charge in [0, 0.05) is 34.8 Å². The molecular formula is C19H25NO2S. The van der Waals surface area contributed by atoms with Crippen molar-refractivity contribution < 1.29 is 4.74 Å². The summed E-state index contributed by atoms with van der Waals surface area (Å²) in [4.78, 5) is 12.8. The lowest BCUT2D eigenvalue weighted by atomic mass is 10.0. The van der Waals surface area contributed by atoms with Crippen LogP contribution in [0, 0.1) is 6.92 Å². The van der Waals surface area contributed by atoms with E-state index in [0.717, 1.165) is 46.6 Å². The molecule has 0 unspecified atom stereocenters. The molecule has 0 fully saturated rings. The van der Waals surface area contributed by atoms with E-state index in [0.29, 0.717) is 0 Å². The minimum Gasteiger partial charge on any atom is -0.490 e. The Morgan fingerprint density at radius 2 is 2.00 bits per heavy atom. The largest absolute Gasteiger partial charge is 0.490 e. The van der Waals surface area contributed by atoms with Gasteiger partial charge >= 0.3 is 0 Å². The van der Waals surface area contributed by atoms with Crippen molar-refractivity contribution in [3.05, 3.63) is 46.4 Å². The van der Waals surface area contributed by atoms with Gasteiger partial charge in [0.15, 0.2) is 0 Å². The highest BCUT2D eigenvalue weighted by Gasteiger charge is 2.13. The second kappa shape index (κ2) is 7.73. The van der Waals surface area contributed by atoms with Crippen molar-refractivity contribution in [1.82, 2.24) is 4.57 Å². The van der Waals surface area contributed by atoms with Crippen LogP contribution >= 0.6 is 12.6 Å². The van der Waals surface area contributed by atoms with Gasteiger partial charge in [-0.15, -0.1) is 12.6 Å². The van der Waals surface area contributed by atoms with Gasteiger partial charge in [0.1, 0.15) is 5.75 Å². The summed E-state index contributed by atoms with van der Waals surface area (Å²) in [5, 5.41) is 0. The Morgan fingerprint density at radius 3 is 2.61 bits per heavy atom. The first kappa shape index (κ1) is 17.7. The van der Waals surface area contributed by atoms with E-state index in [9.17, 15) is 4.79 Å². The van der Waals surface area contributed by atoms with E-state index in [1.807, 2.05) is 37.4 Å². The first-order chi connectivity index (χ1) is 11.0. The Labute approximate surface area is 143 Å². The third kappa shape index (κ3) is 4.20. The minimum absolute atomic E-state index is 0.0238. The lowest BCUT2D eigenvalue weighted by Gasteiger charge is -2.20. The van der Waals surface area contributed by atoms with Crippen LogP contribution in [0.4, 0.5) is 0 Å². The molecule has 0 aliphatic carbocycles. The average Bonchev–Trinajstić information content (AvgIpc) is 2.53. The molecule has 23 heavy (non-hydrogen) atoms. The van der Waals surface area contributed by atoms with Crippen LogP contribution in [0.2, 0.25) is 0 Å². The summed E-state index contributed by atoms with van der Waals surface area (Å²) in [6, 6.07) is 7.82. The molecule has 0 amide bonds. The molecule has 1 atom stereocenters. The van der Waals surface area contributed by atoms with Gasteiger partial charge in [-0.2, -0.15) is 0 Å². The van der Waals surface area contributed by atoms with E-state index in [1.54, 1.807) is 11.6 Å². The zero-order valence-corrected chi connectivity index (χ0v) is 15.2. The predicted octanol–water partition coefficient (Wildman–Crippen LogP) is 4.61. The first-order valence-electron chi connectivity index (χ1n) is 8.13. The summed E-state index contributed by atoms with van der Waals surface area (Å²) in [7, 11) is 1.77. The highest BCUT2D eigenvalue weighted by Crippen LogP contribution is 2.33. The van der Waals surface area contributed by atoms with Crippen LogP contribution in [0.15, 0.2) is 40.2 Å². The topological polar surface area (TPSA) is 31.2 Å². The van der Waals surface area contributed by atoms with Crippen LogP contribution in [0.1, 0.15) is 38.7 Å². The second-order valence-electron chi connectivity index (χ2n) is 5.95. The minimum atomic E-state index is 0.0238. The number of hydrogen-bond donors (Lipinski definition) is 1. The van der Waals surface area contributed by atoms with Crippen molar-refractivity contribution in [3.8, 4) is 16.9 Å². The smallest absolute Gasteiger partial charge is 0.253 e. The summed E-state index contributed by atoms with van der Waals surface area (Å²) >= 11 is 4.45. The van der Waals surface area contributed by atoms with Crippen molar-refractivity contribution in [3.63, 3.8) is 0 Å². The maximum atomic E-state index is 11.9. The highest BCUT2D eigenvalue weighted by molar-refractivity contribution is 7.80. The van der Waals surface area contributed by atoms with E-state index in [2.05, 4.69) is 26.5 Å². The predicted molar refractivity (Wildman–Crippen MR) is 98.7 cm³/mol. The van der Waals surface area contributed by atoms with Gasteiger partial charge in [0.25, 0.3) is 5.56 Å². The quantitative estimate of drug-likeness (QED) is 0.784. The molecular weight excluding hydrogens is 306 g/mol. The molecule has 124 valence electrons. The van der Waals surface area contributed by atoms with E-state index in [-0.39, 0.29) is 11.7 Å². The fourth-order valence-corrected chi connectivity index (χ4v) is 2.92. The molecule has 0 aliphatic rings. The van der Waals surface area contributed by atoms with Crippen LogP contribution in [0.25, 0.3) is 11.1 Å². The maximum Gasteiger partial charge on any atom is 0.253 e. The van der Waals surface area contributed by atoms with Crippen molar-refractivity contribution in [2.24, 2.45) is 7.05 Å². The molecule has 0 saturated heterocycles. The monoisotopic (exact) mass is 331 g/mol. The number of pyridine rings is 1. The summed E-state index contributed by atoms with van der Waals surface area (Å²) in [5.41, 5.74) is 2.70. The molecule has 2 rings (SSSR count). The van der Waals surface area contributed by atoms with E-state index >= 15 is 0 Å².